The first-order valence-electron chi connectivity index (χ1n) is 5.21. The van der Waals surface area contributed by atoms with E-state index in [0.717, 1.165) is 0 Å². The lowest BCUT2D eigenvalue weighted by molar-refractivity contribution is 0.0940. The monoisotopic (exact) mass is 301 g/mol. The molecule has 1 amide bonds. The molecule has 4 nitrogen and oxygen atoms in total. The Morgan fingerprint density at radius 2 is 2.12 bits per heavy atom. The molecular formula is C12H16BrNO3. The molecule has 0 fully saturated rings. The number of methoxy groups -OCH3 is 2. The zero-order chi connectivity index (χ0) is 12.8. The molecule has 0 aliphatic heterocycles. The number of carbonyl (C=O) groups is 1. The smallest absolute Gasteiger partial charge is 0.255 e. The quantitative estimate of drug-likeness (QED) is 0.848. The van der Waals surface area contributed by atoms with Gasteiger partial charge in [0.25, 0.3) is 5.91 Å². The van der Waals surface area contributed by atoms with Gasteiger partial charge >= 0.3 is 0 Å². The number of carbonyl (C=O) groups excluding carboxylic acids is 1. The molecule has 0 aromatic heterocycles. The van der Waals surface area contributed by atoms with Gasteiger partial charge in [-0.15, -0.1) is 0 Å². The van der Waals surface area contributed by atoms with Crippen molar-refractivity contribution in [2.45, 2.75) is 13.0 Å². The molecule has 1 rings (SSSR count). The number of hydrogen-bond acceptors (Lipinski definition) is 3. The van der Waals surface area contributed by atoms with Crippen LogP contribution in [0.5, 0.6) is 11.5 Å². The average molecular weight is 302 g/mol. The second-order valence-corrected chi connectivity index (χ2v) is 4.24. The highest BCUT2D eigenvalue weighted by molar-refractivity contribution is 9.09. The first-order chi connectivity index (χ1) is 8.12. The molecule has 0 saturated heterocycles. The summed E-state index contributed by atoms with van der Waals surface area (Å²) in [6.45, 7) is 1.92. The Labute approximate surface area is 109 Å². The number of amides is 1. The fourth-order valence-corrected chi connectivity index (χ4v) is 1.49. The molecule has 94 valence electrons. The van der Waals surface area contributed by atoms with Crippen LogP contribution in [0.1, 0.15) is 17.3 Å². The van der Waals surface area contributed by atoms with Gasteiger partial charge in [-0.2, -0.15) is 0 Å². The molecular weight excluding hydrogens is 286 g/mol. The van der Waals surface area contributed by atoms with Crippen molar-refractivity contribution in [1.82, 2.24) is 5.32 Å². The number of ether oxygens (including phenoxy) is 2. The van der Waals surface area contributed by atoms with Crippen LogP contribution in [-0.2, 0) is 0 Å². The van der Waals surface area contributed by atoms with Crippen LogP contribution in [0.2, 0.25) is 0 Å². The van der Waals surface area contributed by atoms with Gasteiger partial charge in [0.1, 0.15) is 11.5 Å². The lowest BCUT2D eigenvalue weighted by atomic mass is 10.1. The van der Waals surface area contributed by atoms with Gasteiger partial charge < -0.3 is 14.8 Å². The van der Waals surface area contributed by atoms with Crippen LogP contribution in [0, 0.1) is 0 Å². The molecule has 0 aliphatic carbocycles. The lowest BCUT2D eigenvalue weighted by Gasteiger charge is -2.13. The number of hydrogen-bond donors (Lipinski definition) is 1. The molecule has 17 heavy (non-hydrogen) atoms. The molecule has 0 spiro atoms. The van der Waals surface area contributed by atoms with E-state index in [1.807, 2.05) is 6.92 Å². The van der Waals surface area contributed by atoms with E-state index in [0.29, 0.717) is 22.4 Å². The van der Waals surface area contributed by atoms with Gasteiger partial charge in [0, 0.05) is 11.4 Å². The van der Waals surface area contributed by atoms with Crippen LogP contribution >= 0.6 is 15.9 Å². The van der Waals surface area contributed by atoms with Crippen molar-refractivity contribution in [2.24, 2.45) is 0 Å². The maximum absolute atomic E-state index is 12.0. The van der Waals surface area contributed by atoms with Crippen molar-refractivity contribution < 1.29 is 14.3 Å². The van der Waals surface area contributed by atoms with E-state index < -0.39 is 0 Å². The highest BCUT2D eigenvalue weighted by Crippen LogP contribution is 2.23. The Kier molecular flexibility index (Phi) is 5.28. The summed E-state index contributed by atoms with van der Waals surface area (Å²) in [6.07, 6.45) is 0. The van der Waals surface area contributed by atoms with Crippen LogP contribution in [0.15, 0.2) is 18.2 Å². The van der Waals surface area contributed by atoms with Gasteiger partial charge in [0.15, 0.2) is 0 Å². The lowest BCUT2D eigenvalue weighted by Crippen LogP contribution is -2.33. The second kappa shape index (κ2) is 6.49. The summed E-state index contributed by atoms with van der Waals surface area (Å²) in [5, 5.41) is 3.55. The molecule has 1 aromatic carbocycles. The van der Waals surface area contributed by atoms with Gasteiger partial charge in [-0.05, 0) is 25.1 Å². The summed E-state index contributed by atoms with van der Waals surface area (Å²) in [6, 6.07) is 5.18. The third kappa shape index (κ3) is 3.63. The average Bonchev–Trinajstić information content (AvgIpc) is 2.37. The van der Waals surface area contributed by atoms with E-state index >= 15 is 0 Å². The zero-order valence-corrected chi connectivity index (χ0v) is 11.7. The summed E-state index contributed by atoms with van der Waals surface area (Å²) in [4.78, 5) is 12.0. The Balaban J connectivity index is 2.97. The van der Waals surface area contributed by atoms with E-state index in [1.54, 1.807) is 25.3 Å². The third-order valence-electron chi connectivity index (χ3n) is 2.26. The summed E-state index contributed by atoms with van der Waals surface area (Å²) in [5.74, 6) is 0.986. The largest absolute Gasteiger partial charge is 0.497 e. The van der Waals surface area contributed by atoms with Crippen molar-refractivity contribution in [3.8, 4) is 11.5 Å². The summed E-state index contributed by atoms with van der Waals surface area (Å²) >= 11 is 3.31. The van der Waals surface area contributed by atoms with Crippen molar-refractivity contribution in [1.29, 1.82) is 0 Å². The molecule has 1 atom stereocenters. The van der Waals surface area contributed by atoms with E-state index in [9.17, 15) is 4.79 Å². The summed E-state index contributed by atoms with van der Waals surface area (Å²) < 4.78 is 10.2. The molecule has 0 aliphatic rings. The van der Waals surface area contributed by atoms with Crippen LogP contribution in [0.25, 0.3) is 0 Å². The van der Waals surface area contributed by atoms with Gasteiger partial charge in [-0.1, -0.05) is 15.9 Å². The molecule has 1 aromatic rings. The predicted molar refractivity (Wildman–Crippen MR) is 70.3 cm³/mol. The van der Waals surface area contributed by atoms with E-state index in [2.05, 4.69) is 21.2 Å². The maximum atomic E-state index is 12.0. The molecule has 5 heteroatoms. The maximum Gasteiger partial charge on any atom is 0.255 e. The first kappa shape index (κ1) is 13.8. The summed E-state index contributed by atoms with van der Waals surface area (Å²) in [5.41, 5.74) is 0.472. The van der Waals surface area contributed by atoms with E-state index in [1.165, 1.54) is 7.11 Å². The van der Waals surface area contributed by atoms with Crippen LogP contribution in [-0.4, -0.2) is 31.5 Å². The number of rotatable bonds is 5. The highest BCUT2D eigenvalue weighted by Gasteiger charge is 2.15. The Hall–Kier alpha value is -1.23. The Morgan fingerprint density at radius 1 is 1.41 bits per heavy atom. The molecule has 1 N–H and O–H groups in total. The first-order valence-corrected chi connectivity index (χ1v) is 6.33. The Morgan fingerprint density at radius 3 is 2.65 bits per heavy atom. The summed E-state index contributed by atoms with van der Waals surface area (Å²) in [7, 11) is 3.09. The minimum Gasteiger partial charge on any atom is -0.497 e. The van der Waals surface area contributed by atoms with E-state index in [4.69, 9.17) is 9.47 Å². The molecule has 0 radical (unpaired) electrons. The molecule has 0 heterocycles. The van der Waals surface area contributed by atoms with E-state index in [-0.39, 0.29) is 11.9 Å². The fraction of sp³-hybridized carbons (Fsp3) is 0.417. The van der Waals surface area contributed by atoms with Gasteiger partial charge in [-0.3, -0.25) is 4.79 Å². The van der Waals surface area contributed by atoms with Crippen molar-refractivity contribution in [2.75, 3.05) is 19.5 Å². The standard InChI is InChI=1S/C12H16BrNO3/c1-8(7-13)14-12(15)10-6-9(16-2)4-5-11(10)17-3/h4-6,8H,7H2,1-3H3,(H,14,15). The third-order valence-corrected chi connectivity index (χ3v) is 3.23. The van der Waals surface area contributed by atoms with Crippen molar-refractivity contribution in [3.63, 3.8) is 0 Å². The van der Waals surface area contributed by atoms with Gasteiger partial charge in [0.2, 0.25) is 0 Å². The predicted octanol–water partition coefficient (Wildman–Crippen LogP) is 2.22. The zero-order valence-electron chi connectivity index (χ0n) is 10.1. The molecule has 1 unspecified atom stereocenters. The highest BCUT2D eigenvalue weighted by atomic mass is 79.9. The molecule has 0 saturated carbocycles. The fourth-order valence-electron chi connectivity index (χ4n) is 1.33. The minimum atomic E-state index is -0.173. The number of nitrogens with one attached hydrogen (secondary N) is 1. The second-order valence-electron chi connectivity index (χ2n) is 3.60. The number of alkyl halides is 1. The number of halogens is 1. The topological polar surface area (TPSA) is 47.6 Å². The van der Waals surface area contributed by atoms with Crippen molar-refractivity contribution >= 4 is 21.8 Å². The molecule has 0 bridgehead atoms. The van der Waals surface area contributed by atoms with Crippen molar-refractivity contribution in [3.05, 3.63) is 23.8 Å². The Bertz CT molecular complexity index is 395. The van der Waals surface area contributed by atoms with Gasteiger partial charge in [-0.25, -0.2) is 0 Å². The number of benzene rings is 1. The van der Waals surface area contributed by atoms with Gasteiger partial charge in [0.05, 0.1) is 19.8 Å². The van der Waals surface area contributed by atoms with Crippen LogP contribution in [0.4, 0.5) is 0 Å². The minimum absolute atomic E-state index is 0.0541. The van der Waals surface area contributed by atoms with Crippen LogP contribution < -0.4 is 14.8 Å². The SMILES string of the molecule is COc1ccc(OC)c(C(=O)NC(C)CBr)c1. The van der Waals surface area contributed by atoms with Crippen LogP contribution in [0.3, 0.4) is 0 Å². The normalized spacial score (nSPS) is 11.8.